The molecule has 1 aliphatic heterocycles. The van der Waals surface area contributed by atoms with Gasteiger partial charge in [0.2, 0.25) is 5.82 Å². The first-order valence-corrected chi connectivity index (χ1v) is 8.84. The molecule has 1 unspecified atom stereocenters. The summed E-state index contributed by atoms with van der Waals surface area (Å²) in [4.78, 5) is 31.8. The van der Waals surface area contributed by atoms with Crippen LogP contribution in [0.3, 0.4) is 0 Å². The first kappa shape index (κ1) is 17.2. The van der Waals surface area contributed by atoms with Crippen LogP contribution in [0, 0.1) is 0 Å². The summed E-state index contributed by atoms with van der Waals surface area (Å²) in [5.74, 6) is -0.0939. The molecule has 0 bridgehead atoms. The molecule has 0 spiro atoms. The van der Waals surface area contributed by atoms with E-state index < -0.39 is 0 Å². The van der Waals surface area contributed by atoms with Crippen LogP contribution in [0.25, 0.3) is 5.52 Å². The van der Waals surface area contributed by atoms with Gasteiger partial charge in [-0.3, -0.25) is 14.0 Å². The Bertz CT molecular complexity index is 796. The zero-order valence-electron chi connectivity index (χ0n) is 14.6. The molecule has 2 aromatic rings. The zero-order valence-corrected chi connectivity index (χ0v) is 14.6. The molecule has 132 valence electrons. The Morgan fingerprint density at radius 1 is 1.40 bits per heavy atom. The van der Waals surface area contributed by atoms with Crippen molar-refractivity contribution in [2.75, 3.05) is 13.1 Å². The minimum Gasteiger partial charge on any atom is -0.347 e. The summed E-state index contributed by atoms with van der Waals surface area (Å²) in [6.07, 6.45) is 7.52. The lowest BCUT2D eigenvalue weighted by Crippen LogP contribution is -2.44. The third-order valence-electron chi connectivity index (χ3n) is 4.72. The number of nitrogens with one attached hydrogen (secondary N) is 1. The van der Waals surface area contributed by atoms with Gasteiger partial charge >= 0.3 is 0 Å². The molecular weight excluding hydrogens is 316 g/mol. The summed E-state index contributed by atoms with van der Waals surface area (Å²) in [6.45, 7) is 6.81. The molecule has 1 aliphatic rings. The maximum atomic E-state index is 13.1. The minimum atomic E-state index is -0.298. The molecule has 0 aliphatic carbocycles. The van der Waals surface area contributed by atoms with Crippen molar-refractivity contribution in [1.29, 1.82) is 0 Å². The van der Waals surface area contributed by atoms with Gasteiger partial charge in [-0.25, -0.2) is 4.98 Å². The fourth-order valence-corrected chi connectivity index (χ4v) is 3.43. The molecule has 3 rings (SSSR count). The number of nitrogens with zero attached hydrogens (tertiary/aromatic N) is 3. The van der Waals surface area contributed by atoms with Gasteiger partial charge in [-0.05, 0) is 37.8 Å². The van der Waals surface area contributed by atoms with Gasteiger partial charge in [0, 0.05) is 25.3 Å². The third kappa shape index (κ3) is 3.29. The second kappa shape index (κ2) is 7.51. The van der Waals surface area contributed by atoms with Crippen molar-refractivity contribution in [3.63, 3.8) is 0 Å². The van der Waals surface area contributed by atoms with E-state index in [9.17, 15) is 9.59 Å². The summed E-state index contributed by atoms with van der Waals surface area (Å²) >= 11 is 0. The number of hydrogen-bond donors (Lipinski definition) is 1. The van der Waals surface area contributed by atoms with Crippen molar-refractivity contribution in [3.8, 4) is 0 Å². The highest BCUT2D eigenvalue weighted by Gasteiger charge is 2.30. The third-order valence-corrected chi connectivity index (χ3v) is 4.72. The normalized spacial score (nSPS) is 17.5. The number of carbonyl (C=O) groups is 2. The van der Waals surface area contributed by atoms with E-state index >= 15 is 0 Å². The van der Waals surface area contributed by atoms with Crippen LogP contribution in [-0.4, -0.2) is 45.2 Å². The summed E-state index contributed by atoms with van der Waals surface area (Å²) in [5.41, 5.74) is 0.910. The van der Waals surface area contributed by atoms with E-state index in [0.717, 1.165) is 32.2 Å². The number of aromatic nitrogens is 2. The number of likely N-dealkylation sites (tertiary alicyclic amines) is 1. The van der Waals surface area contributed by atoms with E-state index in [1.165, 1.54) is 0 Å². The van der Waals surface area contributed by atoms with Gasteiger partial charge < -0.3 is 10.2 Å². The molecule has 0 saturated carbocycles. The number of amides is 2. The van der Waals surface area contributed by atoms with Crippen LogP contribution in [0.1, 0.15) is 53.7 Å². The van der Waals surface area contributed by atoms with E-state index in [1.807, 2.05) is 17.0 Å². The predicted molar refractivity (Wildman–Crippen MR) is 96.7 cm³/mol. The molecule has 0 radical (unpaired) electrons. The molecule has 3 heterocycles. The highest BCUT2D eigenvalue weighted by molar-refractivity contribution is 6.02. The molecule has 6 nitrogen and oxygen atoms in total. The number of piperidine rings is 1. The molecule has 2 aromatic heterocycles. The van der Waals surface area contributed by atoms with Gasteiger partial charge in [0.1, 0.15) is 0 Å². The second-order valence-corrected chi connectivity index (χ2v) is 6.29. The van der Waals surface area contributed by atoms with E-state index in [4.69, 9.17) is 0 Å². The van der Waals surface area contributed by atoms with Crippen molar-refractivity contribution in [2.45, 2.75) is 38.6 Å². The van der Waals surface area contributed by atoms with Gasteiger partial charge in [0.15, 0.2) is 5.69 Å². The van der Waals surface area contributed by atoms with Crippen molar-refractivity contribution in [2.24, 2.45) is 0 Å². The molecule has 25 heavy (non-hydrogen) atoms. The van der Waals surface area contributed by atoms with Crippen molar-refractivity contribution < 1.29 is 9.59 Å². The lowest BCUT2D eigenvalue weighted by molar-refractivity contribution is 0.0594. The Morgan fingerprint density at radius 2 is 2.24 bits per heavy atom. The van der Waals surface area contributed by atoms with Crippen LogP contribution < -0.4 is 5.32 Å². The number of pyridine rings is 1. The Kier molecular flexibility index (Phi) is 5.16. The molecule has 0 aromatic carbocycles. The molecule has 1 saturated heterocycles. The molecule has 2 amide bonds. The summed E-state index contributed by atoms with van der Waals surface area (Å²) in [7, 11) is 0. The molecule has 1 atom stereocenters. The average Bonchev–Trinajstić information content (AvgIpc) is 3.05. The number of fused-ring (bicyclic) bond motifs is 1. The fourth-order valence-electron chi connectivity index (χ4n) is 3.43. The van der Waals surface area contributed by atoms with Crippen LogP contribution in [0.15, 0.2) is 37.1 Å². The lowest BCUT2D eigenvalue weighted by atomic mass is 10.00. The highest BCUT2D eigenvalue weighted by atomic mass is 16.2. The first-order chi connectivity index (χ1) is 12.2. The van der Waals surface area contributed by atoms with Crippen molar-refractivity contribution in [3.05, 3.63) is 48.6 Å². The number of hydrogen-bond acceptors (Lipinski definition) is 3. The molecule has 6 heteroatoms. The topological polar surface area (TPSA) is 66.7 Å². The Labute approximate surface area is 147 Å². The molecule has 1 fully saturated rings. The maximum absolute atomic E-state index is 13.1. The van der Waals surface area contributed by atoms with E-state index in [-0.39, 0.29) is 23.6 Å². The predicted octanol–water partition coefficient (Wildman–Crippen LogP) is 2.65. The Hall–Kier alpha value is -2.63. The highest BCUT2D eigenvalue weighted by Crippen LogP contribution is 2.23. The maximum Gasteiger partial charge on any atom is 0.290 e. The SMILES string of the molecule is C=CCNC(=O)c1nc(C(=O)N2CCCCC2CC)n2ccccc12. The smallest absolute Gasteiger partial charge is 0.290 e. The second-order valence-electron chi connectivity index (χ2n) is 6.29. The quantitative estimate of drug-likeness (QED) is 0.851. The standard InChI is InChI=1S/C19H24N4O2/c1-3-11-20-18(24)16-15-10-6-8-13-23(15)17(21-16)19(25)22-12-7-5-9-14(22)4-2/h3,6,8,10,13-14H,1,4-5,7,9,11-12H2,2H3,(H,20,24). The van der Waals surface area contributed by atoms with Gasteiger partial charge in [0.05, 0.1) is 5.52 Å². The van der Waals surface area contributed by atoms with Gasteiger partial charge in [-0.2, -0.15) is 0 Å². The number of imidazole rings is 1. The van der Waals surface area contributed by atoms with Crippen LogP contribution in [0.5, 0.6) is 0 Å². The summed E-state index contributed by atoms with van der Waals surface area (Å²) in [6, 6.07) is 5.73. The Morgan fingerprint density at radius 3 is 3.00 bits per heavy atom. The van der Waals surface area contributed by atoms with E-state index in [1.54, 1.807) is 22.7 Å². The summed E-state index contributed by atoms with van der Waals surface area (Å²) in [5, 5.41) is 2.73. The van der Waals surface area contributed by atoms with Crippen molar-refractivity contribution in [1.82, 2.24) is 19.6 Å². The van der Waals surface area contributed by atoms with Crippen LogP contribution in [-0.2, 0) is 0 Å². The monoisotopic (exact) mass is 340 g/mol. The van der Waals surface area contributed by atoms with Gasteiger partial charge in [-0.1, -0.05) is 19.1 Å². The fraction of sp³-hybridized carbons (Fsp3) is 0.421. The first-order valence-electron chi connectivity index (χ1n) is 8.84. The van der Waals surface area contributed by atoms with Crippen LogP contribution in [0.4, 0.5) is 0 Å². The summed E-state index contributed by atoms with van der Waals surface area (Å²) < 4.78 is 1.71. The number of rotatable bonds is 5. The lowest BCUT2D eigenvalue weighted by Gasteiger charge is -2.34. The molecular formula is C19H24N4O2. The zero-order chi connectivity index (χ0) is 17.8. The van der Waals surface area contributed by atoms with E-state index in [2.05, 4.69) is 23.8 Å². The number of carbonyl (C=O) groups excluding carboxylic acids is 2. The van der Waals surface area contributed by atoms with Gasteiger partial charge in [-0.15, -0.1) is 6.58 Å². The van der Waals surface area contributed by atoms with Crippen molar-refractivity contribution >= 4 is 17.3 Å². The largest absolute Gasteiger partial charge is 0.347 e. The minimum absolute atomic E-state index is 0.101. The molecule has 1 N–H and O–H groups in total. The van der Waals surface area contributed by atoms with Crippen LogP contribution >= 0.6 is 0 Å². The van der Waals surface area contributed by atoms with E-state index in [0.29, 0.717) is 17.9 Å². The Balaban J connectivity index is 1.99. The van der Waals surface area contributed by atoms with Crippen LogP contribution in [0.2, 0.25) is 0 Å². The average molecular weight is 340 g/mol. The van der Waals surface area contributed by atoms with Gasteiger partial charge in [0.25, 0.3) is 11.8 Å².